The fraction of sp³-hybridized carbons (Fsp3) is 0.320. The summed E-state index contributed by atoms with van der Waals surface area (Å²) in [4.78, 5) is 20.0. The van der Waals surface area contributed by atoms with E-state index in [4.69, 9.17) is 23.2 Å². The molecule has 0 spiro atoms. The van der Waals surface area contributed by atoms with Crippen molar-refractivity contribution in [3.63, 3.8) is 0 Å². The third-order valence-electron chi connectivity index (χ3n) is 5.80. The second-order valence-corrected chi connectivity index (χ2v) is 8.92. The van der Waals surface area contributed by atoms with E-state index in [-0.39, 0.29) is 11.9 Å². The first-order valence-corrected chi connectivity index (χ1v) is 11.4. The Kier molecular flexibility index (Phi) is 7.33. The topological polar surface area (TPSA) is 26.8 Å². The van der Waals surface area contributed by atoms with Gasteiger partial charge in [0.15, 0.2) is 0 Å². The van der Waals surface area contributed by atoms with Crippen LogP contribution in [0.15, 0.2) is 73.0 Å². The van der Waals surface area contributed by atoms with E-state index in [0.717, 1.165) is 44.8 Å². The Morgan fingerprint density at radius 3 is 2.55 bits per heavy atom. The molecule has 4 rings (SSSR count). The summed E-state index contributed by atoms with van der Waals surface area (Å²) in [5.74, 6) is 0.138. The van der Waals surface area contributed by atoms with Crippen LogP contribution in [0.1, 0.15) is 11.1 Å². The molecule has 2 heterocycles. The minimum atomic E-state index is 0.129. The summed E-state index contributed by atoms with van der Waals surface area (Å²) < 4.78 is 0. The van der Waals surface area contributed by atoms with E-state index in [9.17, 15) is 4.79 Å². The molecule has 2 aromatic carbocycles. The van der Waals surface area contributed by atoms with Gasteiger partial charge in [-0.25, -0.2) is 0 Å². The Balaban J connectivity index is 1.46. The van der Waals surface area contributed by atoms with Crippen molar-refractivity contribution in [3.8, 4) is 0 Å². The number of hydrogen-bond acceptors (Lipinski definition) is 3. The van der Waals surface area contributed by atoms with Crippen molar-refractivity contribution < 1.29 is 4.79 Å². The molecule has 0 N–H and O–H groups in total. The molecule has 0 saturated carbocycles. The maximum atomic E-state index is 13.3. The van der Waals surface area contributed by atoms with Crippen LogP contribution in [0.5, 0.6) is 0 Å². The van der Waals surface area contributed by atoms with E-state index in [2.05, 4.69) is 63.4 Å². The first-order chi connectivity index (χ1) is 15.1. The Morgan fingerprint density at radius 1 is 0.968 bits per heavy atom. The highest BCUT2D eigenvalue weighted by molar-refractivity contribution is 6.42. The van der Waals surface area contributed by atoms with Crippen LogP contribution in [-0.2, 0) is 17.8 Å². The van der Waals surface area contributed by atoms with E-state index in [1.165, 1.54) is 5.56 Å². The highest BCUT2D eigenvalue weighted by Gasteiger charge is 2.31. The van der Waals surface area contributed by atoms with Gasteiger partial charge in [-0.3, -0.25) is 9.69 Å². The van der Waals surface area contributed by atoms with E-state index in [0.29, 0.717) is 16.5 Å². The number of hydrogen-bond donors (Lipinski definition) is 0. The van der Waals surface area contributed by atoms with Crippen molar-refractivity contribution >= 4 is 29.1 Å². The number of benzene rings is 2. The smallest absolute Gasteiger partial charge is 0.227 e. The predicted octanol–water partition coefficient (Wildman–Crippen LogP) is 4.63. The van der Waals surface area contributed by atoms with E-state index in [1.54, 1.807) is 12.1 Å². The normalized spacial score (nSPS) is 19.1. The van der Waals surface area contributed by atoms with Gasteiger partial charge in [0.1, 0.15) is 0 Å². The van der Waals surface area contributed by atoms with Crippen molar-refractivity contribution in [2.24, 2.45) is 0 Å². The molecule has 4 nitrogen and oxygen atoms in total. The molecule has 0 aromatic heterocycles. The second kappa shape index (κ2) is 10.4. The lowest BCUT2D eigenvalue weighted by atomic mass is 10.1. The third-order valence-corrected chi connectivity index (χ3v) is 6.54. The van der Waals surface area contributed by atoms with Gasteiger partial charge in [0.25, 0.3) is 0 Å². The molecule has 2 aliphatic rings. The number of allylic oxidation sites excluding steroid dienone is 2. The van der Waals surface area contributed by atoms with Crippen LogP contribution < -0.4 is 0 Å². The van der Waals surface area contributed by atoms with Crippen LogP contribution in [0.2, 0.25) is 10.0 Å². The predicted molar refractivity (Wildman–Crippen MR) is 127 cm³/mol. The van der Waals surface area contributed by atoms with Crippen LogP contribution >= 0.6 is 23.2 Å². The summed E-state index contributed by atoms with van der Waals surface area (Å²) in [5.41, 5.74) is 2.20. The lowest BCUT2D eigenvalue weighted by Gasteiger charge is -2.43. The van der Waals surface area contributed by atoms with Gasteiger partial charge in [0, 0.05) is 39.3 Å². The maximum Gasteiger partial charge on any atom is 0.227 e. The van der Waals surface area contributed by atoms with Crippen molar-refractivity contribution in [1.82, 2.24) is 14.7 Å². The van der Waals surface area contributed by atoms with Gasteiger partial charge in [-0.15, -0.1) is 0 Å². The molecule has 2 aromatic rings. The highest BCUT2D eigenvalue weighted by Crippen LogP contribution is 2.24. The first kappa shape index (κ1) is 21.9. The summed E-state index contributed by atoms with van der Waals surface area (Å²) >= 11 is 12.2. The monoisotopic (exact) mass is 455 g/mol. The molecule has 0 bridgehead atoms. The number of halogens is 2. The fourth-order valence-electron chi connectivity index (χ4n) is 4.23. The molecule has 1 atom stereocenters. The molecule has 6 heteroatoms. The zero-order valence-electron chi connectivity index (χ0n) is 17.5. The molecule has 0 unspecified atom stereocenters. The number of carbonyl (C=O) groups excluding carboxylic acids is 1. The zero-order valence-corrected chi connectivity index (χ0v) is 19.0. The molecule has 1 amide bonds. The molecule has 0 aliphatic carbocycles. The number of rotatable bonds is 6. The molecule has 2 aliphatic heterocycles. The maximum absolute atomic E-state index is 13.3. The van der Waals surface area contributed by atoms with Crippen LogP contribution in [-0.4, -0.2) is 59.4 Å². The van der Waals surface area contributed by atoms with Crippen LogP contribution in [0.25, 0.3) is 0 Å². The van der Waals surface area contributed by atoms with Crippen LogP contribution in [0.3, 0.4) is 0 Å². The lowest BCUT2D eigenvalue weighted by molar-refractivity contribution is -0.135. The highest BCUT2D eigenvalue weighted by atomic mass is 35.5. The molecular formula is C25H27Cl2N3O. The first-order valence-electron chi connectivity index (χ1n) is 10.7. The summed E-state index contributed by atoms with van der Waals surface area (Å²) in [6, 6.07) is 16.1. The molecule has 1 fully saturated rings. The largest absolute Gasteiger partial charge is 0.372 e. The average molecular weight is 456 g/mol. The number of carbonyl (C=O) groups is 1. The Bertz CT molecular complexity index is 960. The Hall–Kier alpha value is -2.27. The van der Waals surface area contributed by atoms with Crippen LogP contribution in [0, 0.1) is 0 Å². The van der Waals surface area contributed by atoms with Gasteiger partial charge in [-0.2, -0.15) is 0 Å². The summed E-state index contributed by atoms with van der Waals surface area (Å²) in [6.07, 6.45) is 8.70. The number of amides is 1. The fourth-order valence-corrected chi connectivity index (χ4v) is 4.55. The van der Waals surface area contributed by atoms with Crippen LogP contribution in [0.4, 0.5) is 0 Å². The van der Waals surface area contributed by atoms with Gasteiger partial charge < -0.3 is 9.80 Å². The van der Waals surface area contributed by atoms with Crippen molar-refractivity contribution in [2.75, 3.05) is 32.7 Å². The molecule has 31 heavy (non-hydrogen) atoms. The third kappa shape index (κ3) is 5.91. The quantitative estimate of drug-likeness (QED) is 0.634. The minimum absolute atomic E-state index is 0.129. The SMILES string of the molecule is O=C(Cc1ccc(Cl)c(Cl)c1)N1CCN(Cc2ccccc2)C[C@@H]1CN1C=CC=CC1. The Morgan fingerprint density at radius 2 is 1.81 bits per heavy atom. The van der Waals surface area contributed by atoms with Gasteiger partial charge in [-0.05, 0) is 35.5 Å². The van der Waals surface area contributed by atoms with E-state index >= 15 is 0 Å². The van der Waals surface area contributed by atoms with Crippen molar-refractivity contribution in [2.45, 2.75) is 19.0 Å². The second-order valence-electron chi connectivity index (χ2n) is 8.11. The Labute approximate surface area is 194 Å². The molecule has 1 saturated heterocycles. The number of nitrogens with zero attached hydrogens (tertiary/aromatic N) is 3. The van der Waals surface area contributed by atoms with Crippen molar-refractivity contribution in [1.29, 1.82) is 0 Å². The van der Waals surface area contributed by atoms with Gasteiger partial charge >= 0.3 is 0 Å². The van der Waals surface area contributed by atoms with Gasteiger partial charge in [0.2, 0.25) is 5.91 Å². The summed E-state index contributed by atoms with van der Waals surface area (Å²) in [7, 11) is 0. The molecule has 162 valence electrons. The molecule has 0 radical (unpaired) electrons. The minimum Gasteiger partial charge on any atom is -0.372 e. The average Bonchev–Trinajstić information content (AvgIpc) is 2.78. The summed E-state index contributed by atoms with van der Waals surface area (Å²) in [5, 5.41) is 0.997. The zero-order chi connectivity index (χ0) is 21.6. The molecular weight excluding hydrogens is 429 g/mol. The van der Waals surface area contributed by atoms with Gasteiger partial charge in [-0.1, -0.05) is 71.8 Å². The van der Waals surface area contributed by atoms with E-state index < -0.39 is 0 Å². The standard InChI is InChI=1S/C25H27Cl2N3O/c26-23-10-9-21(15-24(23)27)16-25(31)30-14-13-29(17-20-7-3-1-4-8-20)19-22(30)18-28-11-5-2-6-12-28/h1-11,15,22H,12-14,16-19H2/t22-/m0/s1. The number of piperazine rings is 1. The van der Waals surface area contributed by atoms with E-state index in [1.807, 2.05) is 12.1 Å². The lowest BCUT2D eigenvalue weighted by Crippen LogP contribution is -2.58. The van der Waals surface area contributed by atoms with Crippen molar-refractivity contribution in [3.05, 3.63) is 94.1 Å². The van der Waals surface area contributed by atoms with Gasteiger partial charge in [0.05, 0.1) is 22.5 Å². The summed E-state index contributed by atoms with van der Waals surface area (Å²) in [6.45, 7) is 5.05.